The van der Waals surface area contributed by atoms with Crippen molar-refractivity contribution >= 4 is 8.32 Å². The number of hydrogen-bond acceptors (Lipinski definition) is 1. The van der Waals surface area contributed by atoms with E-state index in [1.807, 2.05) is 6.08 Å². The number of hydrogen-bond donors (Lipinski definition) is 0. The number of rotatable bonds is 7. The zero-order chi connectivity index (χ0) is 15.2. The van der Waals surface area contributed by atoms with E-state index in [0.717, 1.165) is 32.1 Å². The summed E-state index contributed by atoms with van der Waals surface area (Å²) in [5.74, 6) is 2.81. The Labute approximate surface area is 126 Å². The van der Waals surface area contributed by atoms with E-state index in [0.29, 0.717) is 0 Å². The Morgan fingerprint density at radius 3 is 2.65 bits per heavy atom. The summed E-state index contributed by atoms with van der Waals surface area (Å²) in [7, 11) is -1.60. The van der Waals surface area contributed by atoms with Gasteiger partial charge in [-0.3, -0.25) is 0 Å². The average molecular weight is 291 g/mol. The predicted octanol–water partition coefficient (Wildman–Crippen LogP) is 5.31. The van der Waals surface area contributed by atoms with Crippen molar-refractivity contribution < 1.29 is 4.43 Å². The average Bonchev–Trinajstić information content (AvgIpc) is 2.36. The van der Waals surface area contributed by atoms with Gasteiger partial charge in [-0.2, -0.15) is 0 Å². The van der Waals surface area contributed by atoms with Gasteiger partial charge in [-0.1, -0.05) is 24.6 Å². The van der Waals surface area contributed by atoms with E-state index in [9.17, 15) is 0 Å². The largest absolute Gasteiger partial charge is 0.414 e. The van der Waals surface area contributed by atoms with Crippen LogP contribution in [0.15, 0.2) is 24.8 Å². The molecule has 1 aliphatic carbocycles. The standard InChI is InChI=1S/C18H30OSi/c1-7-9-14-18(15-11-10-13-16(18)3)17(12-8-2)19-20(4,5)6/h1,8,17H,2-3,9-15H2,4-6H3. The van der Waals surface area contributed by atoms with Crippen LogP contribution in [0.1, 0.15) is 44.9 Å². The molecule has 1 nitrogen and oxygen atoms in total. The lowest BCUT2D eigenvalue weighted by Gasteiger charge is -2.47. The van der Waals surface area contributed by atoms with Gasteiger partial charge in [0.2, 0.25) is 0 Å². The molecule has 1 aliphatic rings. The zero-order valence-electron chi connectivity index (χ0n) is 13.5. The van der Waals surface area contributed by atoms with Crippen LogP contribution in [-0.2, 0) is 4.43 Å². The lowest BCUT2D eigenvalue weighted by atomic mass is 9.64. The first kappa shape index (κ1) is 17.3. The lowest BCUT2D eigenvalue weighted by molar-refractivity contribution is 0.0436. The van der Waals surface area contributed by atoms with Crippen molar-refractivity contribution in [3.05, 3.63) is 24.8 Å². The van der Waals surface area contributed by atoms with E-state index in [-0.39, 0.29) is 11.5 Å². The highest BCUT2D eigenvalue weighted by Crippen LogP contribution is 2.49. The first-order valence-corrected chi connectivity index (χ1v) is 11.2. The fourth-order valence-electron chi connectivity index (χ4n) is 3.32. The highest BCUT2D eigenvalue weighted by atomic mass is 28.4. The Morgan fingerprint density at radius 2 is 2.15 bits per heavy atom. The molecule has 0 aliphatic heterocycles. The molecule has 1 fully saturated rings. The fourth-order valence-corrected chi connectivity index (χ4v) is 4.49. The monoisotopic (exact) mass is 290 g/mol. The first-order valence-electron chi connectivity index (χ1n) is 7.76. The molecule has 0 heterocycles. The Morgan fingerprint density at radius 1 is 1.45 bits per heavy atom. The third kappa shape index (κ3) is 4.36. The summed E-state index contributed by atoms with van der Waals surface area (Å²) in [5, 5.41) is 0. The molecule has 1 saturated carbocycles. The van der Waals surface area contributed by atoms with Crippen LogP contribution < -0.4 is 0 Å². The second-order valence-corrected chi connectivity index (χ2v) is 11.4. The molecule has 20 heavy (non-hydrogen) atoms. The van der Waals surface area contributed by atoms with Crippen molar-refractivity contribution in [2.75, 3.05) is 0 Å². The molecule has 0 aromatic carbocycles. The van der Waals surface area contributed by atoms with Gasteiger partial charge in [-0.05, 0) is 51.7 Å². The SMILES string of the molecule is C#CCCC1(C(CC=C)O[Si](C)(C)C)CCCCC1=C. The van der Waals surface area contributed by atoms with E-state index in [1.165, 1.54) is 18.4 Å². The van der Waals surface area contributed by atoms with E-state index in [1.54, 1.807) is 0 Å². The fraction of sp³-hybridized carbons (Fsp3) is 0.667. The minimum absolute atomic E-state index is 0.0685. The normalized spacial score (nSPS) is 25.0. The maximum atomic E-state index is 6.53. The van der Waals surface area contributed by atoms with E-state index in [2.05, 4.69) is 38.7 Å². The summed E-state index contributed by atoms with van der Waals surface area (Å²) in [6, 6.07) is 0. The third-order valence-corrected chi connectivity index (χ3v) is 5.26. The van der Waals surface area contributed by atoms with Gasteiger partial charge >= 0.3 is 0 Å². The van der Waals surface area contributed by atoms with E-state index < -0.39 is 8.32 Å². The molecule has 112 valence electrons. The van der Waals surface area contributed by atoms with Crippen LogP contribution in [0.5, 0.6) is 0 Å². The van der Waals surface area contributed by atoms with E-state index in [4.69, 9.17) is 10.8 Å². The summed E-state index contributed by atoms with van der Waals surface area (Å²) in [5.41, 5.74) is 1.42. The summed E-state index contributed by atoms with van der Waals surface area (Å²) in [6.45, 7) is 15.1. The van der Waals surface area contributed by atoms with Crippen LogP contribution >= 0.6 is 0 Å². The van der Waals surface area contributed by atoms with Crippen LogP contribution in [0.2, 0.25) is 19.6 Å². The van der Waals surface area contributed by atoms with Crippen molar-refractivity contribution in [2.45, 2.75) is 70.7 Å². The highest BCUT2D eigenvalue weighted by Gasteiger charge is 2.43. The second kappa shape index (κ2) is 7.29. The van der Waals surface area contributed by atoms with Crippen LogP contribution in [0.3, 0.4) is 0 Å². The van der Waals surface area contributed by atoms with Gasteiger partial charge in [-0.25, -0.2) is 0 Å². The number of terminal acetylenes is 1. The Kier molecular flexibility index (Phi) is 6.29. The molecule has 0 radical (unpaired) electrons. The topological polar surface area (TPSA) is 9.23 Å². The van der Waals surface area contributed by atoms with Gasteiger partial charge in [-0.15, -0.1) is 18.9 Å². The summed E-state index contributed by atoms with van der Waals surface area (Å²) >= 11 is 0. The molecule has 1 rings (SSSR count). The smallest absolute Gasteiger partial charge is 0.184 e. The molecule has 0 aromatic heterocycles. The quantitative estimate of drug-likeness (QED) is 0.350. The zero-order valence-corrected chi connectivity index (χ0v) is 14.5. The molecule has 0 bridgehead atoms. The molecule has 0 N–H and O–H groups in total. The van der Waals surface area contributed by atoms with Crippen molar-refractivity contribution in [1.29, 1.82) is 0 Å². The molecule has 0 spiro atoms. The van der Waals surface area contributed by atoms with Crippen LogP contribution in [-0.4, -0.2) is 14.4 Å². The van der Waals surface area contributed by atoms with Crippen LogP contribution in [0.25, 0.3) is 0 Å². The molecule has 2 atom stereocenters. The highest BCUT2D eigenvalue weighted by molar-refractivity contribution is 6.69. The first-order chi connectivity index (χ1) is 9.35. The minimum Gasteiger partial charge on any atom is -0.414 e. The maximum Gasteiger partial charge on any atom is 0.184 e. The third-order valence-electron chi connectivity index (χ3n) is 4.26. The molecule has 0 aromatic rings. The van der Waals surface area contributed by atoms with Gasteiger partial charge in [0.1, 0.15) is 0 Å². The van der Waals surface area contributed by atoms with Crippen molar-refractivity contribution in [1.82, 2.24) is 0 Å². The summed E-state index contributed by atoms with van der Waals surface area (Å²) in [6.07, 6.45) is 15.2. The maximum absolute atomic E-state index is 6.53. The van der Waals surface area contributed by atoms with Gasteiger partial charge in [0.05, 0.1) is 6.10 Å². The van der Waals surface area contributed by atoms with Gasteiger partial charge in [0.15, 0.2) is 8.32 Å². The molecule has 0 saturated heterocycles. The van der Waals surface area contributed by atoms with E-state index >= 15 is 0 Å². The Bertz CT molecular complexity index is 385. The lowest BCUT2D eigenvalue weighted by Crippen LogP contribution is -2.45. The molecule has 0 amide bonds. The minimum atomic E-state index is -1.60. The van der Waals surface area contributed by atoms with Gasteiger partial charge < -0.3 is 4.43 Å². The summed E-state index contributed by atoms with van der Waals surface area (Å²) in [4.78, 5) is 0. The van der Waals surface area contributed by atoms with Crippen molar-refractivity contribution in [2.24, 2.45) is 5.41 Å². The molecular formula is C18H30OSi. The Balaban J connectivity index is 3.06. The van der Waals surface area contributed by atoms with Gasteiger partial charge in [0.25, 0.3) is 0 Å². The van der Waals surface area contributed by atoms with Crippen molar-refractivity contribution in [3.8, 4) is 12.3 Å². The van der Waals surface area contributed by atoms with Gasteiger partial charge in [0, 0.05) is 11.8 Å². The molecule has 2 heteroatoms. The van der Waals surface area contributed by atoms with Crippen LogP contribution in [0.4, 0.5) is 0 Å². The molecular weight excluding hydrogens is 260 g/mol. The second-order valence-electron chi connectivity index (χ2n) is 6.91. The molecule has 2 unspecified atom stereocenters. The van der Waals surface area contributed by atoms with Crippen LogP contribution in [0, 0.1) is 17.8 Å². The summed E-state index contributed by atoms with van der Waals surface area (Å²) < 4.78 is 6.53. The van der Waals surface area contributed by atoms with Crippen molar-refractivity contribution in [3.63, 3.8) is 0 Å². The Hall–Kier alpha value is -0.783. The predicted molar refractivity (Wildman–Crippen MR) is 91.1 cm³/mol.